The van der Waals surface area contributed by atoms with Crippen molar-refractivity contribution < 1.29 is 13.2 Å². The Morgan fingerprint density at radius 1 is 1.13 bits per heavy atom. The summed E-state index contributed by atoms with van der Waals surface area (Å²) in [6.07, 6.45) is 2.62. The van der Waals surface area contributed by atoms with Crippen LogP contribution in [0, 0.1) is 13.8 Å². The number of nitrogens with zero attached hydrogens (tertiary/aromatic N) is 4. The van der Waals surface area contributed by atoms with Gasteiger partial charge in [0, 0.05) is 44.5 Å². The number of rotatable bonds is 6. The minimum Gasteiger partial charge on any atom is -0.337 e. The summed E-state index contributed by atoms with van der Waals surface area (Å²) in [5, 5.41) is 4.63. The second-order valence-corrected chi connectivity index (χ2v) is 10.6. The van der Waals surface area contributed by atoms with Crippen molar-refractivity contribution in [1.82, 2.24) is 19.0 Å². The maximum Gasteiger partial charge on any atom is 0.255 e. The van der Waals surface area contributed by atoms with Crippen LogP contribution in [0.2, 0.25) is 10.0 Å². The minimum absolute atomic E-state index is 0.0192. The van der Waals surface area contributed by atoms with Crippen LogP contribution in [-0.2, 0) is 23.1 Å². The molecule has 0 spiro atoms. The molecular weight excluding hydrogens is 459 g/mol. The Hall–Kier alpha value is -1.61. The van der Waals surface area contributed by atoms with Gasteiger partial charge in [-0.1, -0.05) is 29.6 Å². The Balaban J connectivity index is 1.92. The molecule has 7 nitrogen and oxygen atoms in total. The summed E-state index contributed by atoms with van der Waals surface area (Å²) in [5.74, 6) is -0.375. The van der Waals surface area contributed by atoms with E-state index in [4.69, 9.17) is 23.2 Å². The molecule has 0 atom stereocenters. The van der Waals surface area contributed by atoms with Crippen LogP contribution in [0.3, 0.4) is 0 Å². The first-order chi connectivity index (χ1) is 14.6. The second-order valence-electron chi connectivity index (χ2n) is 7.85. The lowest BCUT2D eigenvalue weighted by molar-refractivity contribution is 0.0784. The third-order valence-corrected chi connectivity index (χ3v) is 8.43. The first kappa shape index (κ1) is 24.0. The first-order valence-electron chi connectivity index (χ1n) is 10.4. The van der Waals surface area contributed by atoms with Gasteiger partial charge in [-0.2, -0.15) is 9.40 Å². The molecule has 1 amide bonds. The summed E-state index contributed by atoms with van der Waals surface area (Å²) in [4.78, 5) is 14.6. The van der Waals surface area contributed by atoms with Crippen LogP contribution in [0.5, 0.6) is 0 Å². The van der Waals surface area contributed by atoms with Crippen LogP contribution in [0.15, 0.2) is 17.0 Å². The molecule has 2 heterocycles. The predicted octanol–water partition coefficient (Wildman–Crippen LogP) is 4.27. The van der Waals surface area contributed by atoms with E-state index in [0.29, 0.717) is 19.6 Å². The maximum atomic E-state index is 13.2. The van der Waals surface area contributed by atoms with E-state index in [1.807, 2.05) is 25.5 Å². The monoisotopic (exact) mass is 486 g/mol. The van der Waals surface area contributed by atoms with Gasteiger partial charge in [0.1, 0.15) is 4.90 Å². The molecule has 10 heteroatoms. The number of aromatic nitrogens is 2. The smallest absolute Gasteiger partial charge is 0.255 e. The molecule has 1 saturated heterocycles. The largest absolute Gasteiger partial charge is 0.337 e. The van der Waals surface area contributed by atoms with Gasteiger partial charge in [-0.25, -0.2) is 8.42 Å². The van der Waals surface area contributed by atoms with Gasteiger partial charge in [0.05, 0.1) is 21.3 Å². The van der Waals surface area contributed by atoms with Crippen LogP contribution >= 0.6 is 23.2 Å². The van der Waals surface area contributed by atoms with Crippen molar-refractivity contribution in [2.75, 3.05) is 20.1 Å². The molecule has 0 radical (unpaired) electrons. The Morgan fingerprint density at radius 3 is 2.35 bits per heavy atom. The van der Waals surface area contributed by atoms with Crippen molar-refractivity contribution in [3.8, 4) is 0 Å². The van der Waals surface area contributed by atoms with Gasteiger partial charge in [0.2, 0.25) is 10.0 Å². The van der Waals surface area contributed by atoms with E-state index in [1.54, 1.807) is 7.05 Å². The third kappa shape index (κ3) is 4.77. The fraction of sp³-hybridized carbons (Fsp3) is 0.524. The molecule has 0 saturated carbocycles. The molecule has 2 aromatic rings. The average Bonchev–Trinajstić information content (AvgIpc) is 3.01. The fourth-order valence-corrected chi connectivity index (χ4v) is 6.27. The Morgan fingerprint density at radius 2 is 1.77 bits per heavy atom. The number of piperidine rings is 1. The van der Waals surface area contributed by atoms with Crippen molar-refractivity contribution >= 4 is 39.1 Å². The molecule has 1 aromatic carbocycles. The fourth-order valence-electron chi connectivity index (χ4n) is 3.92. The van der Waals surface area contributed by atoms with Crippen LogP contribution in [0.4, 0.5) is 0 Å². The second kappa shape index (κ2) is 9.48. The van der Waals surface area contributed by atoms with Crippen molar-refractivity contribution in [3.05, 3.63) is 44.7 Å². The molecule has 3 rings (SSSR count). The molecule has 170 valence electrons. The highest BCUT2D eigenvalue weighted by Crippen LogP contribution is 2.32. The SMILES string of the molecule is CCn1nc(C)c(CN(C)C(=O)c2cc(S(=O)(=O)N3CCCCC3)c(Cl)cc2Cl)c1C. The lowest BCUT2D eigenvalue weighted by atomic mass is 10.1. The zero-order chi connectivity index (χ0) is 22.9. The van der Waals surface area contributed by atoms with Crippen LogP contribution in [0.1, 0.15) is 53.5 Å². The number of amides is 1. The van der Waals surface area contributed by atoms with Crippen molar-refractivity contribution in [2.24, 2.45) is 0 Å². The molecule has 0 bridgehead atoms. The molecule has 1 aliphatic rings. The first-order valence-corrected chi connectivity index (χ1v) is 12.5. The Kier molecular flexibility index (Phi) is 7.35. The molecule has 1 fully saturated rings. The van der Waals surface area contributed by atoms with Gasteiger partial charge in [-0.3, -0.25) is 9.48 Å². The molecule has 0 unspecified atom stereocenters. The van der Waals surface area contributed by atoms with Crippen LogP contribution in [0.25, 0.3) is 0 Å². The lowest BCUT2D eigenvalue weighted by Gasteiger charge is -2.26. The topological polar surface area (TPSA) is 75.5 Å². The average molecular weight is 487 g/mol. The van der Waals surface area contributed by atoms with Crippen LogP contribution in [-0.4, -0.2) is 53.4 Å². The van der Waals surface area contributed by atoms with E-state index in [-0.39, 0.29) is 26.4 Å². The Labute approximate surface area is 194 Å². The summed E-state index contributed by atoms with van der Waals surface area (Å²) < 4.78 is 29.6. The molecule has 1 aromatic heterocycles. The highest BCUT2D eigenvalue weighted by molar-refractivity contribution is 7.89. The molecular formula is C21H28Cl2N4O3S. The zero-order valence-electron chi connectivity index (χ0n) is 18.3. The number of carbonyl (C=O) groups is 1. The number of aryl methyl sites for hydroxylation is 2. The quantitative estimate of drug-likeness (QED) is 0.610. The van der Waals surface area contributed by atoms with Gasteiger partial charge in [-0.15, -0.1) is 0 Å². The standard InChI is InChI=1S/C21H28Cl2N4O3S/c1-5-27-15(3)17(14(2)24-27)13-25(4)21(28)16-11-20(19(23)12-18(16)22)31(29,30)26-9-7-6-8-10-26/h11-12H,5-10,13H2,1-4H3. The summed E-state index contributed by atoms with van der Waals surface area (Å²) in [5.41, 5.74) is 2.93. The van der Waals surface area contributed by atoms with Gasteiger partial charge in [0.15, 0.2) is 0 Å². The zero-order valence-corrected chi connectivity index (χ0v) is 20.6. The predicted molar refractivity (Wildman–Crippen MR) is 122 cm³/mol. The van der Waals surface area contributed by atoms with Crippen molar-refractivity contribution in [1.29, 1.82) is 0 Å². The Bertz CT molecular complexity index is 1090. The number of carbonyl (C=O) groups excluding carboxylic acids is 1. The molecule has 0 N–H and O–H groups in total. The van der Waals surface area contributed by atoms with E-state index in [9.17, 15) is 13.2 Å². The number of hydrogen-bond donors (Lipinski definition) is 0. The van der Waals surface area contributed by atoms with E-state index in [1.165, 1.54) is 21.3 Å². The van der Waals surface area contributed by atoms with Crippen LogP contribution < -0.4 is 0 Å². The number of benzene rings is 1. The summed E-state index contributed by atoms with van der Waals surface area (Å²) in [6, 6.07) is 2.65. The summed E-state index contributed by atoms with van der Waals surface area (Å²) in [7, 11) is -2.14. The summed E-state index contributed by atoms with van der Waals surface area (Å²) >= 11 is 12.6. The third-order valence-electron chi connectivity index (χ3n) is 5.76. The lowest BCUT2D eigenvalue weighted by Crippen LogP contribution is -2.36. The van der Waals surface area contributed by atoms with E-state index < -0.39 is 10.0 Å². The van der Waals surface area contributed by atoms with E-state index in [0.717, 1.165) is 42.8 Å². The summed E-state index contributed by atoms with van der Waals surface area (Å²) in [6.45, 7) is 7.86. The minimum atomic E-state index is -3.80. The van der Waals surface area contributed by atoms with E-state index in [2.05, 4.69) is 5.10 Å². The number of hydrogen-bond acceptors (Lipinski definition) is 4. The van der Waals surface area contributed by atoms with E-state index >= 15 is 0 Å². The van der Waals surface area contributed by atoms with Crippen molar-refractivity contribution in [3.63, 3.8) is 0 Å². The number of sulfonamides is 1. The van der Waals surface area contributed by atoms with Gasteiger partial charge in [0.25, 0.3) is 5.91 Å². The van der Waals surface area contributed by atoms with Gasteiger partial charge >= 0.3 is 0 Å². The normalized spacial score (nSPS) is 15.3. The van der Waals surface area contributed by atoms with Gasteiger partial charge in [-0.05, 0) is 45.7 Å². The van der Waals surface area contributed by atoms with Crippen molar-refractivity contribution in [2.45, 2.75) is 58.0 Å². The highest BCUT2D eigenvalue weighted by Gasteiger charge is 2.30. The molecule has 31 heavy (non-hydrogen) atoms. The highest BCUT2D eigenvalue weighted by atomic mass is 35.5. The van der Waals surface area contributed by atoms with Gasteiger partial charge < -0.3 is 4.90 Å². The maximum absolute atomic E-state index is 13.2. The molecule has 0 aliphatic carbocycles. The number of halogens is 2. The molecule has 1 aliphatic heterocycles.